The van der Waals surface area contributed by atoms with Gasteiger partial charge in [0.25, 0.3) is 0 Å². The topological polar surface area (TPSA) is 38.7 Å². The first-order valence-electron chi connectivity index (χ1n) is 5.77. The van der Waals surface area contributed by atoms with Crippen molar-refractivity contribution >= 4 is 49.7 Å². The first-order chi connectivity index (χ1) is 9.60. The summed E-state index contributed by atoms with van der Waals surface area (Å²) in [5, 5.41) is 0. The number of methoxy groups -OCH3 is 1. The number of rotatable bonds is 3. The second kappa shape index (κ2) is 6.81. The Labute approximate surface area is 133 Å². The summed E-state index contributed by atoms with van der Waals surface area (Å²) in [6, 6.07) is 12.8. The van der Waals surface area contributed by atoms with Crippen molar-refractivity contribution in [3.63, 3.8) is 0 Å². The Kier molecular flexibility index (Phi) is 5.09. The molecule has 0 saturated heterocycles. The fourth-order valence-corrected chi connectivity index (χ4v) is 2.70. The van der Waals surface area contributed by atoms with Crippen LogP contribution in [-0.2, 0) is 4.74 Å². The zero-order chi connectivity index (χ0) is 14.5. The molecule has 0 heterocycles. The summed E-state index contributed by atoms with van der Waals surface area (Å²) in [6.45, 7) is 0. The van der Waals surface area contributed by atoms with Crippen LogP contribution >= 0.6 is 31.9 Å². The summed E-state index contributed by atoms with van der Waals surface area (Å²) in [4.78, 5) is 15.7. The molecule has 2 aromatic rings. The first-order valence-corrected chi connectivity index (χ1v) is 7.36. The fourth-order valence-electron chi connectivity index (χ4n) is 1.55. The number of hydrogen-bond acceptors (Lipinski definition) is 3. The normalized spacial score (nSPS) is 10.8. The average molecular weight is 397 g/mol. The highest BCUT2D eigenvalue weighted by molar-refractivity contribution is 9.11. The lowest BCUT2D eigenvalue weighted by Gasteiger charge is -2.00. The van der Waals surface area contributed by atoms with Gasteiger partial charge in [0.2, 0.25) is 0 Å². The van der Waals surface area contributed by atoms with Crippen LogP contribution < -0.4 is 0 Å². The van der Waals surface area contributed by atoms with Gasteiger partial charge in [-0.15, -0.1) is 0 Å². The van der Waals surface area contributed by atoms with Crippen molar-refractivity contribution in [1.29, 1.82) is 0 Å². The Morgan fingerprint density at radius 1 is 1.15 bits per heavy atom. The predicted octanol–water partition coefficient (Wildman–Crippen LogP) is 4.75. The van der Waals surface area contributed by atoms with Crippen LogP contribution in [0.2, 0.25) is 0 Å². The molecular formula is C15H11Br2NO2. The van der Waals surface area contributed by atoms with Crippen molar-refractivity contribution in [3.8, 4) is 0 Å². The summed E-state index contributed by atoms with van der Waals surface area (Å²) in [5.74, 6) is -0.343. The van der Waals surface area contributed by atoms with Crippen LogP contribution in [0.25, 0.3) is 0 Å². The van der Waals surface area contributed by atoms with E-state index in [1.54, 1.807) is 18.3 Å². The van der Waals surface area contributed by atoms with E-state index >= 15 is 0 Å². The van der Waals surface area contributed by atoms with E-state index in [0.717, 1.165) is 20.2 Å². The van der Waals surface area contributed by atoms with Crippen LogP contribution in [0, 0.1) is 0 Å². The second-order valence-electron chi connectivity index (χ2n) is 3.97. The Balaban J connectivity index is 2.17. The molecule has 2 rings (SSSR count). The lowest BCUT2D eigenvalue weighted by molar-refractivity contribution is 0.0601. The quantitative estimate of drug-likeness (QED) is 0.554. The molecule has 0 aliphatic carbocycles. The van der Waals surface area contributed by atoms with E-state index in [-0.39, 0.29) is 5.97 Å². The maximum atomic E-state index is 11.3. The van der Waals surface area contributed by atoms with Crippen molar-refractivity contribution in [1.82, 2.24) is 0 Å². The number of carbonyl (C=O) groups excluding carboxylic acids is 1. The molecule has 0 spiro atoms. The number of carbonyl (C=O) groups is 1. The molecule has 0 N–H and O–H groups in total. The Hall–Kier alpha value is -1.46. The van der Waals surface area contributed by atoms with Gasteiger partial charge < -0.3 is 4.74 Å². The minimum Gasteiger partial charge on any atom is -0.465 e. The van der Waals surface area contributed by atoms with Gasteiger partial charge in [-0.1, -0.05) is 28.1 Å². The SMILES string of the molecule is COC(=O)c1ccc(/C=N/c2ccc(Br)cc2Br)cc1. The lowest BCUT2D eigenvalue weighted by atomic mass is 10.1. The minimum atomic E-state index is -0.343. The number of aliphatic imine (C=N–C) groups is 1. The van der Waals surface area contributed by atoms with Gasteiger partial charge in [0.05, 0.1) is 18.4 Å². The van der Waals surface area contributed by atoms with Gasteiger partial charge in [-0.05, 0) is 51.8 Å². The number of nitrogens with zero attached hydrogens (tertiary/aromatic N) is 1. The zero-order valence-electron chi connectivity index (χ0n) is 10.6. The maximum absolute atomic E-state index is 11.3. The van der Waals surface area contributed by atoms with Crippen molar-refractivity contribution in [3.05, 3.63) is 62.5 Å². The first kappa shape index (κ1) is 14.9. The number of benzene rings is 2. The predicted molar refractivity (Wildman–Crippen MR) is 86.9 cm³/mol. The van der Waals surface area contributed by atoms with Gasteiger partial charge in [0.1, 0.15) is 0 Å². The third kappa shape index (κ3) is 3.77. The lowest BCUT2D eigenvalue weighted by Crippen LogP contribution is -2.00. The van der Waals surface area contributed by atoms with Crippen LogP contribution in [-0.4, -0.2) is 19.3 Å². The summed E-state index contributed by atoms with van der Waals surface area (Å²) >= 11 is 6.85. The Morgan fingerprint density at radius 3 is 2.45 bits per heavy atom. The Morgan fingerprint density at radius 2 is 1.85 bits per heavy atom. The molecule has 0 aromatic heterocycles. The van der Waals surface area contributed by atoms with Crippen LogP contribution in [0.3, 0.4) is 0 Å². The molecule has 0 amide bonds. The van der Waals surface area contributed by atoms with Crippen molar-refractivity contribution in [2.24, 2.45) is 4.99 Å². The summed E-state index contributed by atoms with van der Waals surface area (Å²) < 4.78 is 6.55. The van der Waals surface area contributed by atoms with Gasteiger partial charge in [0, 0.05) is 15.2 Å². The molecule has 3 nitrogen and oxygen atoms in total. The maximum Gasteiger partial charge on any atom is 0.337 e. The third-order valence-corrected chi connectivity index (χ3v) is 3.72. The molecule has 0 unspecified atom stereocenters. The van der Waals surface area contributed by atoms with Gasteiger partial charge in [-0.2, -0.15) is 0 Å². The molecule has 0 atom stereocenters. The molecule has 0 bridgehead atoms. The molecule has 102 valence electrons. The molecule has 20 heavy (non-hydrogen) atoms. The third-order valence-electron chi connectivity index (χ3n) is 2.59. The smallest absolute Gasteiger partial charge is 0.337 e. The highest BCUT2D eigenvalue weighted by atomic mass is 79.9. The van der Waals surface area contributed by atoms with E-state index in [1.165, 1.54) is 7.11 Å². The molecule has 0 aliphatic heterocycles. The van der Waals surface area contributed by atoms with E-state index in [4.69, 9.17) is 0 Å². The van der Waals surface area contributed by atoms with Crippen molar-refractivity contribution < 1.29 is 9.53 Å². The number of halogens is 2. The zero-order valence-corrected chi connectivity index (χ0v) is 13.8. The molecule has 0 aliphatic rings. The molecule has 0 saturated carbocycles. The van der Waals surface area contributed by atoms with Crippen LogP contribution in [0.1, 0.15) is 15.9 Å². The van der Waals surface area contributed by atoms with E-state index < -0.39 is 0 Å². The highest BCUT2D eigenvalue weighted by Crippen LogP contribution is 2.28. The van der Waals surface area contributed by atoms with E-state index in [0.29, 0.717) is 5.56 Å². The van der Waals surface area contributed by atoms with E-state index in [2.05, 4.69) is 41.6 Å². The Bertz CT molecular complexity index is 651. The summed E-state index contributed by atoms with van der Waals surface area (Å²) in [7, 11) is 1.36. The minimum absolute atomic E-state index is 0.343. The molecule has 0 radical (unpaired) electrons. The molecule has 0 fully saturated rings. The number of hydrogen-bond donors (Lipinski definition) is 0. The van der Waals surface area contributed by atoms with Crippen molar-refractivity contribution in [2.75, 3.05) is 7.11 Å². The largest absolute Gasteiger partial charge is 0.465 e. The van der Waals surface area contributed by atoms with Crippen LogP contribution in [0.5, 0.6) is 0 Å². The highest BCUT2D eigenvalue weighted by Gasteiger charge is 2.03. The van der Waals surface area contributed by atoms with Crippen LogP contribution in [0.4, 0.5) is 5.69 Å². The van der Waals surface area contributed by atoms with Gasteiger partial charge in [-0.3, -0.25) is 4.99 Å². The van der Waals surface area contributed by atoms with Crippen LogP contribution in [0.15, 0.2) is 56.4 Å². The standard InChI is InChI=1S/C15H11Br2NO2/c1-20-15(19)11-4-2-10(3-5-11)9-18-14-7-6-12(16)8-13(14)17/h2-9H,1H3/b18-9+. The average Bonchev–Trinajstić information content (AvgIpc) is 2.46. The molecule has 5 heteroatoms. The molecular weight excluding hydrogens is 386 g/mol. The van der Waals surface area contributed by atoms with Gasteiger partial charge in [-0.25, -0.2) is 4.79 Å². The number of ether oxygens (including phenoxy) is 1. The fraction of sp³-hybridized carbons (Fsp3) is 0.0667. The van der Waals surface area contributed by atoms with E-state index in [1.807, 2.05) is 30.3 Å². The van der Waals surface area contributed by atoms with Gasteiger partial charge in [0.15, 0.2) is 0 Å². The molecule has 2 aromatic carbocycles. The number of esters is 1. The monoisotopic (exact) mass is 395 g/mol. The van der Waals surface area contributed by atoms with E-state index in [9.17, 15) is 4.79 Å². The summed E-state index contributed by atoms with van der Waals surface area (Å²) in [6.07, 6.45) is 1.75. The van der Waals surface area contributed by atoms with Gasteiger partial charge >= 0.3 is 5.97 Å². The summed E-state index contributed by atoms with van der Waals surface area (Å²) in [5.41, 5.74) is 2.27. The second-order valence-corrected chi connectivity index (χ2v) is 5.74. The van der Waals surface area contributed by atoms with Crippen molar-refractivity contribution in [2.45, 2.75) is 0 Å².